The standard InChI is InChI=1S/C10H16O2Si2/c1-9(8-14(2)11-13-12-14)10-6-4-3-5-7-10/h3-7,9H,8,13H2,1-2H3. The molecule has 0 radical (unpaired) electrons. The first-order chi connectivity index (χ1) is 6.70. The van der Waals surface area contributed by atoms with Crippen molar-refractivity contribution in [1.29, 1.82) is 0 Å². The molecular formula is C10H16O2Si2. The zero-order valence-electron chi connectivity index (χ0n) is 8.69. The van der Waals surface area contributed by atoms with E-state index in [0.717, 1.165) is 6.04 Å². The fraction of sp³-hybridized carbons (Fsp3) is 0.400. The highest BCUT2D eigenvalue weighted by atomic mass is 28.5. The monoisotopic (exact) mass is 224 g/mol. The van der Waals surface area contributed by atoms with Crippen LogP contribution in [0.25, 0.3) is 0 Å². The maximum absolute atomic E-state index is 5.67. The van der Waals surface area contributed by atoms with Gasteiger partial charge in [0, 0.05) is 0 Å². The molecule has 1 unspecified atom stereocenters. The van der Waals surface area contributed by atoms with Crippen LogP contribution in [-0.4, -0.2) is 18.6 Å². The van der Waals surface area contributed by atoms with Crippen LogP contribution in [-0.2, 0) is 8.23 Å². The first-order valence-corrected chi connectivity index (χ1v) is 8.70. The predicted molar refractivity (Wildman–Crippen MR) is 62.0 cm³/mol. The minimum Gasteiger partial charge on any atom is -0.420 e. The summed E-state index contributed by atoms with van der Waals surface area (Å²) in [6, 6.07) is 11.7. The van der Waals surface area contributed by atoms with Crippen LogP contribution >= 0.6 is 0 Å². The normalized spacial score (nSPS) is 29.9. The van der Waals surface area contributed by atoms with Crippen molar-refractivity contribution in [3.8, 4) is 0 Å². The van der Waals surface area contributed by atoms with Crippen LogP contribution in [0.5, 0.6) is 0 Å². The largest absolute Gasteiger partial charge is 0.420 e. The fourth-order valence-corrected chi connectivity index (χ4v) is 6.21. The molecule has 0 aromatic heterocycles. The maximum Gasteiger partial charge on any atom is 0.317 e. The smallest absolute Gasteiger partial charge is 0.317 e. The molecule has 1 heterocycles. The van der Waals surface area contributed by atoms with E-state index in [1.807, 2.05) is 0 Å². The van der Waals surface area contributed by atoms with Crippen LogP contribution < -0.4 is 0 Å². The summed E-state index contributed by atoms with van der Waals surface area (Å²) in [6.45, 7) is 4.42. The van der Waals surface area contributed by atoms with Crippen LogP contribution in [0.15, 0.2) is 30.3 Å². The van der Waals surface area contributed by atoms with Crippen molar-refractivity contribution in [3.63, 3.8) is 0 Å². The molecule has 0 N–H and O–H groups in total. The molecule has 0 spiro atoms. The highest BCUT2D eigenvalue weighted by Gasteiger charge is 2.40. The summed E-state index contributed by atoms with van der Waals surface area (Å²) in [5, 5.41) is 0. The van der Waals surface area contributed by atoms with Gasteiger partial charge < -0.3 is 8.23 Å². The van der Waals surface area contributed by atoms with E-state index in [-0.39, 0.29) is 0 Å². The lowest BCUT2D eigenvalue weighted by atomic mass is 10.0. The zero-order valence-corrected chi connectivity index (χ0v) is 11.1. The molecule has 1 atom stereocenters. The Bertz CT molecular complexity index is 298. The van der Waals surface area contributed by atoms with E-state index in [0.29, 0.717) is 5.92 Å². The number of hydrogen-bond donors (Lipinski definition) is 0. The Labute approximate surface area is 88.6 Å². The minimum atomic E-state index is -1.68. The first-order valence-electron chi connectivity index (χ1n) is 5.02. The van der Waals surface area contributed by atoms with Crippen molar-refractivity contribution in [2.24, 2.45) is 0 Å². The van der Waals surface area contributed by atoms with E-state index in [9.17, 15) is 0 Å². The fourth-order valence-electron chi connectivity index (χ4n) is 1.83. The van der Waals surface area contributed by atoms with Crippen LogP contribution in [0.1, 0.15) is 18.4 Å². The Hall–Kier alpha value is -0.426. The Kier molecular flexibility index (Phi) is 2.87. The Morgan fingerprint density at radius 3 is 2.43 bits per heavy atom. The van der Waals surface area contributed by atoms with Gasteiger partial charge >= 0.3 is 8.56 Å². The topological polar surface area (TPSA) is 18.5 Å². The van der Waals surface area contributed by atoms with Crippen molar-refractivity contribution >= 4 is 18.6 Å². The summed E-state index contributed by atoms with van der Waals surface area (Å²) < 4.78 is 11.3. The molecule has 1 aromatic carbocycles. The third-order valence-electron chi connectivity index (χ3n) is 2.77. The van der Waals surface area contributed by atoms with E-state index in [4.69, 9.17) is 8.23 Å². The molecule has 1 aliphatic heterocycles. The molecule has 4 heteroatoms. The number of benzene rings is 1. The van der Waals surface area contributed by atoms with Gasteiger partial charge in [-0.05, 0) is 24.1 Å². The second-order valence-electron chi connectivity index (χ2n) is 4.06. The maximum atomic E-state index is 5.67. The van der Waals surface area contributed by atoms with Crippen LogP contribution in [0.3, 0.4) is 0 Å². The summed E-state index contributed by atoms with van der Waals surface area (Å²) in [4.78, 5) is 0. The second kappa shape index (κ2) is 3.98. The Morgan fingerprint density at radius 2 is 1.93 bits per heavy atom. The Morgan fingerprint density at radius 1 is 1.29 bits per heavy atom. The third kappa shape index (κ3) is 2.14. The lowest BCUT2D eigenvalue weighted by molar-refractivity contribution is 0.276. The van der Waals surface area contributed by atoms with E-state index < -0.39 is 18.6 Å². The van der Waals surface area contributed by atoms with Crippen molar-refractivity contribution in [2.75, 3.05) is 0 Å². The summed E-state index contributed by atoms with van der Waals surface area (Å²) >= 11 is 0. The van der Waals surface area contributed by atoms with Crippen molar-refractivity contribution in [1.82, 2.24) is 0 Å². The van der Waals surface area contributed by atoms with Gasteiger partial charge in [-0.15, -0.1) is 0 Å². The molecule has 76 valence electrons. The molecule has 0 saturated carbocycles. The van der Waals surface area contributed by atoms with Crippen LogP contribution in [0.4, 0.5) is 0 Å². The molecule has 14 heavy (non-hydrogen) atoms. The second-order valence-corrected chi connectivity index (χ2v) is 9.28. The van der Waals surface area contributed by atoms with Gasteiger partial charge in [0.15, 0.2) is 0 Å². The molecule has 0 aliphatic carbocycles. The van der Waals surface area contributed by atoms with Gasteiger partial charge in [0.2, 0.25) is 0 Å². The van der Waals surface area contributed by atoms with Gasteiger partial charge in [0.25, 0.3) is 10.0 Å². The van der Waals surface area contributed by atoms with Crippen molar-refractivity contribution in [3.05, 3.63) is 35.9 Å². The third-order valence-corrected chi connectivity index (χ3v) is 9.96. The zero-order chi connectivity index (χ0) is 10.0. The highest BCUT2D eigenvalue weighted by molar-refractivity contribution is 6.79. The van der Waals surface area contributed by atoms with Crippen molar-refractivity contribution in [2.45, 2.75) is 25.4 Å². The van der Waals surface area contributed by atoms with Gasteiger partial charge in [0.1, 0.15) is 0 Å². The molecule has 2 nitrogen and oxygen atoms in total. The lowest BCUT2D eigenvalue weighted by Crippen LogP contribution is -2.52. The average molecular weight is 224 g/mol. The van der Waals surface area contributed by atoms with Crippen molar-refractivity contribution < 1.29 is 8.23 Å². The van der Waals surface area contributed by atoms with Gasteiger partial charge in [-0.3, -0.25) is 0 Å². The summed E-state index contributed by atoms with van der Waals surface area (Å²) in [7, 11) is -2.24. The quantitative estimate of drug-likeness (QED) is 0.730. The van der Waals surface area contributed by atoms with Crippen LogP contribution in [0, 0.1) is 0 Å². The summed E-state index contributed by atoms with van der Waals surface area (Å²) in [6.07, 6.45) is 0. The van der Waals surface area contributed by atoms with Gasteiger partial charge in [-0.1, -0.05) is 37.3 Å². The highest BCUT2D eigenvalue weighted by Crippen LogP contribution is 2.30. The van der Waals surface area contributed by atoms with Gasteiger partial charge in [-0.25, -0.2) is 0 Å². The minimum absolute atomic E-state index is 0.558. The van der Waals surface area contributed by atoms with E-state index in [1.54, 1.807) is 0 Å². The molecule has 1 fully saturated rings. The van der Waals surface area contributed by atoms with Gasteiger partial charge in [0.05, 0.1) is 0 Å². The molecule has 1 saturated heterocycles. The molecule has 1 aromatic rings. The molecule has 1 aliphatic rings. The van der Waals surface area contributed by atoms with E-state index in [2.05, 4.69) is 43.8 Å². The Balaban J connectivity index is 1.99. The number of hydrogen-bond acceptors (Lipinski definition) is 2. The number of rotatable bonds is 3. The molecule has 0 bridgehead atoms. The predicted octanol–water partition coefficient (Wildman–Crippen LogP) is 1.91. The molecule has 0 amide bonds. The van der Waals surface area contributed by atoms with E-state index in [1.165, 1.54) is 5.56 Å². The average Bonchev–Trinajstić information content (AvgIpc) is 2.17. The SMILES string of the molecule is CC(C[Si]1(C)O[SiH2]O1)c1ccccc1. The molecular weight excluding hydrogens is 208 g/mol. The van der Waals surface area contributed by atoms with Gasteiger partial charge in [-0.2, -0.15) is 0 Å². The first kappa shape index (κ1) is 10.1. The summed E-state index contributed by atoms with van der Waals surface area (Å²) in [5.41, 5.74) is 1.39. The van der Waals surface area contributed by atoms with Crippen LogP contribution in [0.2, 0.25) is 12.6 Å². The van der Waals surface area contributed by atoms with E-state index >= 15 is 0 Å². The summed E-state index contributed by atoms with van der Waals surface area (Å²) in [5.74, 6) is 0.558. The molecule has 2 rings (SSSR count). The lowest BCUT2D eigenvalue weighted by Gasteiger charge is -2.38.